The molecule has 256 valence electrons. The molecule has 0 fully saturated rings. The highest BCUT2D eigenvalue weighted by Crippen LogP contribution is 2.17. The van der Waals surface area contributed by atoms with Crippen LogP contribution in [0, 0.1) is 0 Å². The second-order valence-corrected chi connectivity index (χ2v) is 15.0. The molecule has 4 heteroatoms. The summed E-state index contributed by atoms with van der Waals surface area (Å²) in [5, 5.41) is 0. The maximum absolute atomic E-state index is 11.0. The summed E-state index contributed by atoms with van der Waals surface area (Å²) in [6.07, 6.45) is 35.2. The Morgan fingerprint density at radius 1 is 0.400 bits per heavy atom. The maximum Gasteiger partial charge on any atom is 0.264 e. The normalized spacial score (nSPS) is 14.8. The predicted octanol–water partition coefficient (Wildman–Crippen LogP) is 13.0. The van der Waals surface area contributed by atoms with Crippen LogP contribution in [-0.2, 0) is 14.3 Å². The van der Waals surface area contributed by atoms with Crippen molar-refractivity contribution in [2.75, 3.05) is 12.9 Å². The van der Waals surface area contributed by atoms with Crippen molar-refractivity contribution < 1.29 is 12.6 Å². The van der Waals surface area contributed by atoms with Gasteiger partial charge in [-0.2, -0.15) is 8.42 Å². The highest BCUT2D eigenvalue weighted by molar-refractivity contribution is 7.85. The van der Waals surface area contributed by atoms with Crippen LogP contribution in [0.4, 0.5) is 0 Å². The fourth-order valence-electron chi connectivity index (χ4n) is 4.88. The van der Waals surface area contributed by atoms with Crippen LogP contribution in [0.15, 0.2) is 93.2 Å². The molecule has 3 nitrogen and oxygen atoms in total. The van der Waals surface area contributed by atoms with Gasteiger partial charge >= 0.3 is 0 Å². The molecular weight excluding hydrogens is 573 g/mol. The zero-order valence-corrected chi connectivity index (χ0v) is 31.7. The molecule has 0 spiro atoms. The SMILES string of the molecule is CC(C)=CCCC(C)=CCCC(C)=CCCC(C)=CCCC(C)=CCCC(C)=CCC/C(C)=C/CC/C(C)=C/COS(C)(=O)=O. The highest BCUT2D eigenvalue weighted by atomic mass is 32.2. The van der Waals surface area contributed by atoms with Crippen LogP contribution in [0.5, 0.6) is 0 Å². The van der Waals surface area contributed by atoms with Gasteiger partial charge in [0.1, 0.15) is 0 Å². The van der Waals surface area contributed by atoms with Crippen LogP contribution in [0.2, 0.25) is 0 Å². The van der Waals surface area contributed by atoms with Crippen molar-refractivity contribution in [1.82, 2.24) is 0 Å². The number of hydrogen-bond donors (Lipinski definition) is 0. The molecule has 0 bridgehead atoms. The van der Waals surface area contributed by atoms with E-state index < -0.39 is 10.1 Å². The number of hydrogen-bond acceptors (Lipinski definition) is 3. The molecule has 0 saturated carbocycles. The van der Waals surface area contributed by atoms with Crippen molar-refractivity contribution in [3.8, 4) is 0 Å². The second kappa shape index (κ2) is 26.0. The molecule has 0 aliphatic rings. The average Bonchev–Trinajstić information content (AvgIpc) is 2.92. The van der Waals surface area contributed by atoms with Gasteiger partial charge in [0.2, 0.25) is 0 Å². The summed E-state index contributed by atoms with van der Waals surface area (Å²) in [4.78, 5) is 0. The van der Waals surface area contributed by atoms with Gasteiger partial charge in [0.25, 0.3) is 10.1 Å². The van der Waals surface area contributed by atoms with E-state index in [0.29, 0.717) is 0 Å². The summed E-state index contributed by atoms with van der Waals surface area (Å²) >= 11 is 0. The zero-order chi connectivity index (χ0) is 34.1. The fourth-order valence-corrected chi connectivity index (χ4v) is 5.20. The monoisotopic (exact) mass is 640 g/mol. The Morgan fingerprint density at radius 3 is 0.844 bits per heavy atom. The third kappa shape index (κ3) is 30.3. The molecule has 0 amide bonds. The quantitative estimate of drug-likeness (QED) is 0.0779. The zero-order valence-electron chi connectivity index (χ0n) is 30.9. The van der Waals surface area contributed by atoms with E-state index in [1.807, 2.05) is 13.0 Å². The van der Waals surface area contributed by atoms with Crippen molar-refractivity contribution in [2.45, 2.75) is 152 Å². The van der Waals surface area contributed by atoms with Crippen molar-refractivity contribution in [2.24, 2.45) is 0 Å². The summed E-state index contributed by atoms with van der Waals surface area (Å²) in [6.45, 7) is 20.0. The summed E-state index contributed by atoms with van der Waals surface area (Å²) < 4.78 is 26.8. The van der Waals surface area contributed by atoms with Gasteiger partial charge in [-0.1, -0.05) is 93.2 Å². The van der Waals surface area contributed by atoms with Crippen LogP contribution in [0.1, 0.15) is 152 Å². The molecule has 0 aromatic carbocycles. The Balaban J connectivity index is 4.22. The van der Waals surface area contributed by atoms with Gasteiger partial charge in [-0.05, 0) is 152 Å². The van der Waals surface area contributed by atoms with Crippen LogP contribution in [-0.4, -0.2) is 21.3 Å². The average molecular weight is 641 g/mol. The first-order valence-electron chi connectivity index (χ1n) is 17.2. The highest BCUT2D eigenvalue weighted by Gasteiger charge is 1.99. The summed E-state index contributed by atoms with van der Waals surface area (Å²) in [7, 11) is -3.37. The molecule has 0 aliphatic carbocycles. The molecule has 0 saturated heterocycles. The lowest BCUT2D eigenvalue weighted by Crippen LogP contribution is -2.02. The Bertz CT molecular complexity index is 1190. The van der Waals surface area contributed by atoms with E-state index >= 15 is 0 Å². The van der Waals surface area contributed by atoms with Gasteiger partial charge in [-0.25, -0.2) is 0 Å². The van der Waals surface area contributed by atoms with E-state index in [2.05, 4.69) is 97.9 Å². The van der Waals surface area contributed by atoms with Crippen molar-refractivity contribution >= 4 is 10.1 Å². The molecule has 45 heavy (non-hydrogen) atoms. The van der Waals surface area contributed by atoms with Crippen molar-refractivity contribution in [1.29, 1.82) is 0 Å². The molecule has 0 aromatic heterocycles. The Kier molecular flexibility index (Phi) is 24.7. The lowest BCUT2D eigenvalue weighted by Gasteiger charge is -2.04. The number of rotatable bonds is 24. The Hall–Kier alpha value is -2.17. The Morgan fingerprint density at radius 2 is 0.622 bits per heavy atom. The third-order valence-corrected chi connectivity index (χ3v) is 8.56. The topological polar surface area (TPSA) is 43.4 Å². The smallest absolute Gasteiger partial charge is 0.264 e. The van der Waals surface area contributed by atoms with E-state index in [-0.39, 0.29) is 6.61 Å². The molecule has 0 atom stereocenters. The lowest BCUT2D eigenvalue weighted by atomic mass is 10.0. The summed E-state index contributed by atoms with van der Waals surface area (Å²) in [6, 6.07) is 0. The molecule has 0 radical (unpaired) electrons. The molecule has 0 aliphatic heterocycles. The minimum atomic E-state index is -3.37. The predicted molar refractivity (Wildman–Crippen MR) is 201 cm³/mol. The van der Waals surface area contributed by atoms with Gasteiger partial charge in [0, 0.05) is 0 Å². The molecule has 0 aromatic rings. The third-order valence-electron chi connectivity index (χ3n) is 7.99. The standard InChI is InChI=1S/C41H68O3S/c1-34(2)18-11-19-35(3)20-12-21-36(4)22-13-23-37(5)24-14-25-38(6)26-15-27-39(7)28-16-29-40(8)30-17-31-41(9)32-33-44-45(10,42)43/h18,20,22,24,26,28,30,32H,11-17,19,21,23,25,27,29,31,33H2,1-10H3/b35-20?,36-22?,37-24?,38-26?,39-28?,40-30+,41-32+. The molecule has 0 unspecified atom stereocenters. The van der Waals surface area contributed by atoms with Crippen LogP contribution in [0.25, 0.3) is 0 Å². The first-order valence-corrected chi connectivity index (χ1v) is 19.1. The molecule has 0 rings (SSSR count). The van der Waals surface area contributed by atoms with Gasteiger partial charge in [0.05, 0.1) is 12.9 Å². The van der Waals surface area contributed by atoms with E-state index in [0.717, 1.165) is 88.9 Å². The van der Waals surface area contributed by atoms with Crippen LogP contribution < -0.4 is 0 Å². The van der Waals surface area contributed by atoms with E-state index in [9.17, 15) is 8.42 Å². The van der Waals surface area contributed by atoms with E-state index in [4.69, 9.17) is 4.18 Å². The first kappa shape index (κ1) is 42.8. The van der Waals surface area contributed by atoms with Crippen LogP contribution in [0.3, 0.4) is 0 Å². The first-order chi connectivity index (χ1) is 21.2. The second-order valence-electron chi connectivity index (χ2n) is 13.4. The summed E-state index contributed by atoms with van der Waals surface area (Å²) in [5.74, 6) is 0. The Labute approximate surface area is 280 Å². The van der Waals surface area contributed by atoms with Crippen molar-refractivity contribution in [3.05, 3.63) is 93.2 Å². The number of allylic oxidation sites excluding steroid dienone is 15. The van der Waals surface area contributed by atoms with Gasteiger partial charge < -0.3 is 0 Å². The van der Waals surface area contributed by atoms with E-state index in [1.165, 1.54) is 51.9 Å². The fraction of sp³-hybridized carbons (Fsp3) is 0.610. The van der Waals surface area contributed by atoms with Gasteiger partial charge in [0.15, 0.2) is 0 Å². The maximum atomic E-state index is 11.0. The van der Waals surface area contributed by atoms with Gasteiger partial charge in [-0.15, -0.1) is 0 Å². The van der Waals surface area contributed by atoms with E-state index in [1.54, 1.807) is 0 Å². The summed E-state index contributed by atoms with van der Waals surface area (Å²) in [5.41, 5.74) is 11.5. The van der Waals surface area contributed by atoms with Crippen LogP contribution >= 0.6 is 0 Å². The molecule has 0 heterocycles. The minimum Gasteiger partial charge on any atom is -0.266 e. The molecular formula is C41H68O3S. The molecule has 0 N–H and O–H groups in total. The van der Waals surface area contributed by atoms with Gasteiger partial charge in [-0.3, -0.25) is 4.18 Å². The minimum absolute atomic E-state index is 0.122. The van der Waals surface area contributed by atoms with Crippen molar-refractivity contribution in [3.63, 3.8) is 0 Å². The largest absolute Gasteiger partial charge is 0.266 e. The lowest BCUT2D eigenvalue weighted by molar-refractivity contribution is 0.360.